The summed E-state index contributed by atoms with van der Waals surface area (Å²) in [5.41, 5.74) is 7.24. The van der Waals surface area contributed by atoms with E-state index >= 15 is 0 Å². The molecule has 0 radical (unpaired) electrons. The van der Waals surface area contributed by atoms with E-state index < -0.39 is 0 Å². The van der Waals surface area contributed by atoms with Gasteiger partial charge in [0, 0.05) is 22.7 Å². The molecule has 0 aliphatic heterocycles. The van der Waals surface area contributed by atoms with E-state index in [2.05, 4.69) is 36.8 Å². The average Bonchev–Trinajstić information content (AvgIpc) is 2.58. The first kappa shape index (κ1) is 12.5. The van der Waals surface area contributed by atoms with E-state index in [0.717, 1.165) is 23.4 Å². The second-order valence-corrected chi connectivity index (χ2v) is 6.22. The monoisotopic (exact) mass is 249 g/mol. The Kier molecular flexibility index (Phi) is 3.74. The van der Waals surface area contributed by atoms with Crippen molar-refractivity contribution >= 4 is 21.6 Å². The highest BCUT2D eigenvalue weighted by molar-refractivity contribution is 7.18. The Morgan fingerprint density at radius 1 is 1.35 bits per heavy atom. The maximum absolute atomic E-state index is 6.15. The molecule has 0 aliphatic rings. The topological polar surface area (TPSA) is 51.8 Å². The van der Waals surface area contributed by atoms with Crippen molar-refractivity contribution in [3.05, 3.63) is 23.0 Å². The summed E-state index contributed by atoms with van der Waals surface area (Å²) >= 11 is 1.72. The smallest absolute Gasteiger partial charge is 0.127 e. The Balaban J connectivity index is 2.23. The summed E-state index contributed by atoms with van der Waals surface area (Å²) in [7, 11) is 0. The van der Waals surface area contributed by atoms with Crippen LogP contribution >= 0.6 is 11.3 Å². The van der Waals surface area contributed by atoms with Crippen LogP contribution in [0.5, 0.6) is 0 Å². The van der Waals surface area contributed by atoms with Crippen molar-refractivity contribution in [2.24, 2.45) is 11.7 Å². The fraction of sp³-hybridized carbons (Fsp3) is 0.538. The molecule has 0 saturated carbocycles. The molecule has 3 nitrogen and oxygen atoms in total. The fourth-order valence-corrected chi connectivity index (χ4v) is 2.99. The average molecular weight is 249 g/mol. The van der Waals surface area contributed by atoms with Gasteiger partial charge in [0.15, 0.2) is 0 Å². The Labute approximate surface area is 106 Å². The molecular weight excluding hydrogens is 230 g/mol. The van der Waals surface area contributed by atoms with E-state index in [-0.39, 0.29) is 6.04 Å². The third kappa shape index (κ3) is 3.01. The molecule has 4 heteroatoms. The van der Waals surface area contributed by atoms with E-state index in [1.54, 1.807) is 17.7 Å². The van der Waals surface area contributed by atoms with Crippen LogP contribution in [0.1, 0.15) is 30.8 Å². The van der Waals surface area contributed by atoms with Gasteiger partial charge in [0.1, 0.15) is 11.2 Å². The Morgan fingerprint density at radius 2 is 2.12 bits per heavy atom. The lowest BCUT2D eigenvalue weighted by Gasteiger charge is -2.13. The minimum absolute atomic E-state index is 0.188. The molecule has 2 aromatic rings. The van der Waals surface area contributed by atoms with E-state index in [4.69, 9.17) is 5.73 Å². The van der Waals surface area contributed by atoms with Gasteiger partial charge in [0.2, 0.25) is 0 Å². The normalized spacial score (nSPS) is 13.5. The summed E-state index contributed by atoms with van der Waals surface area (Å²) in [6.45, 7) is 6.50. The molecule has 0 spiro atoms. The Hall–Kier alpha value is -1.00. The molecule has 0 bridgehead atoms. The number of aryl methyl sites for hydroxylation is 1. The number of hydrogen-bond acceptors (Lipinski definition) is 4. The SMILES string of the molecule is Cc1cc2c(CC(N)CC(C)C)ncnc2s1. The predicted molar refractivity (Wildman–Crippen MR) is 73.3 cm³/mol. The van der Waals surface area contributed by atoms with Crippen LogP contribution in [-0.4, -0.2) is 16.0 Å². The third-order valence-electron chi connectivity index (χ3n) is 2.76. The molecule has 0 aliphatic carbocycles. The molecule has 1 unspecified atom stereocenters. The first-order chi connectivity index (χ1) is 8.06. The van der Waals surface area contributed by atoms with Crippen molar-refractivity contribution < 1.29 is 0 Å². The number of thiophene rings is 1. The zero-order valence-electron chi connectivity index (χ0n) is 10.6. The number of nitrogens with two attached hydrogens (primary N) is 1. The van der Waals surface area contributed by atoms with Crippen molar-refractivity contribution in [3.8, 4) is 0 Å². The van der Waals surface area contributed by atoms with Gasteiger partial charge in [0.05, 0.1) is 5.69 Å². The molecule has 0 aromatic carbocycles. The number of fused-ring (bicyclic) bond motifs is 1. The van der Waals surface area contributed by atoms with E-state index in [1.807, 2.05) is 0 Å². The van der Waals surface area contributed by atoms with Crippen LogP contribution in [0.15, 0.2) is 12.4 Å². The van der Waals surface area contributed by atoms with Gasteiger partial charge < -0.3 is 5.73 Å². The maximum atomic E-state index is 6.15. The van der Waals surface area contributed by atoms with Crippen molar-refractivity contribution in [3.63, 3.8) is 0 Å². The van der Waals surface area contributed by atoms with Crippen LogP contribution in [-0.2, 0) is 6.42 Å². The summed E-state index contributed by atoms with van der Waals surface area (Å²) in [5.74, 6) is 0.631. The van der Waals surface area contributed by atoms with E-state index in [0.29, 0.717) is 5.92 Å². The van der Waals surface area contributed by atoms with Gasteiger partial charge in [-0.1, -0.05) is 13.8 Å². The lowest BCUT2D eigenvalue weighted by atomic mass is 10.00. The van der Waals surface area contributed by atoms with Gasteiger partial charge in [-0.3, -0.25) is 0 Å². The predicted octanol–water partition coefficient (Wildman–Crippen LogP) is 2.92. The van der Waals surface area contributed by atoms with Crippen molar-refractivity contribution in [2.45, 2.75) is 39.7 Å². The quantitative estimate of drug-likeness (QED) is 0.906. The van der Waals surface area contributed by atoms with Gasteiger partial charge in [-0.05, 0) is 25.3 Å². The summed E-state index contributed by atoms with van der Waals surface area (Å²) in [6, 6.07) is 2.35. The molecule has 0 saturated heterocycles. The van der Waals surface area contributed by atoms with Crippen LogP contribution in [0.3, 0.4) is 0 Å². The van der Waals surface area contributed by atoms with Gasteiger partial charge in [-0.25, -0.2) is 9.97 Å². The van der Waals surface area contributed by atoms with Crippen LogP contribution in [0.25, 0.3) is 10.2 Å². The summed E-state index contributed by atoms with van der Waals surface area (Å²) in [6.07, 6.45) is 3.53. The van der Waals surface area contributed by atoms with Crippen molar-refractivity contribution in [1.82, 2.24) is 9.97 Å². The van der Waals surface area contributed by atoms with Gasteiger partial charge in [-0.2, -0.15) is 0 Å². The first-order valence-corrected chi connectivity index (χ1v) is 6.83. The third-order valence-corrected chi connectivity index (χ3v) is 3.72. The molecule has 1 atom stereocenters. The van der Waals surface area contributed by atoms with Gasteiger partial charge in [-0.15, -0.1) is 11.3 Å². The molecule has 0 amide bonds. The largest absolute Gasteiger partial charge is 0.327 e. The number of nitrogens with zero attached hydrogens (tertiary/aromatic N) is 2. The Bertz CT molecular complexity index is 504. The van der Waals surface area contributed by atoms with Crippen molar-refractivity contribution in [1.29, 1.82) is 0 Å². The van der Waals surface area contributed by atoms with Crippen LogP contribution in [0.4, 0.5) is 0 Å². The highest BCUT2D eigenvalue weighted by Crippen LogP contribution is 2.25. The summed E-state index contributed by atoms with van der Waals surface area (Å²) in [4.78, 5) is 11.0. The second kappa shape index (κ2) is 5.10. The minimum Gasteiger partial charge on any atom is -0.327 e. The van der Waals surface area contributed by atoms with Crippen molar-refractivity contribution in [2.75, 3.05) is 0 Å². The molecule has 2 rings (SSSR count). The van der Waals surface area contributed by atoms with Crippen LogP contribution in [0, 0.1) is 12.8 Å². The zero-order valence-corrected chi connectivity index (χ0v) is 11.4. The minimum atomic E-state index is 0.188. The summed E-state index contributed by atoms with van der Waals surface area (Å²) in [5, 5.41) is 1.18. The molecule has 92 valence electrons. The zero-order chi connectivity index (χ0) is 12.4. The number of hydrogen-bond donors (Lipinski definition) is 1. The van der Waals surface area contributed by atoms with Crippen LogP contribution in [0.2, 0.25) is 0 Å². The first-order valence-electron chi connectivity index (χ1n) is 6.02. The fourth-order valence-electron chi connectivity index (χ4n) is 2.12. The van der Waals surface area contributed by atoms with E-state index in [1.165, 1.54) is 10.3 Å². The molecule has 2 aromatic heterocycles. The standard InChI is InChI=1S/C13H19N3S/c1-8(2)4-10(14)6-12-11-5-9(3)17-13(11)16-7-15-12/h5,7-8,10H,4,6,14H2,1-3H3. The maximum Gasteiger partial charge on any atom is 0.127 e. The highest BCUT2D eigenvalue weighted by Gasteiger charge is 2.12. The summed E-state index contributed by atoms with van der Waals surface area (Å²) < 4.78 is 0. The highest BCUT2D eigenvalue weighted by atomic mass is 32.1. The lowest BCUT2D eigenvalue weighted by molar-refractivity contribution is 0.491. The van der Waals surface area contributed by atoms with E-state index in [9.17, 15) is 0 Å². The van der Waals surface area contributed by atoms with Crippen LogP contribution < -0.4 is 5.73 Å². The molecule has 2 heterocycles. The molecular formula is C13H19N3S. The van der Waals surface area contributed by atoms with Gasteiger partial charge >= 0.3 is 0 Å². The second-order valence-electron chi connectivity index (χ2n) is 4.99. The number of aromatic nitrogens is 2. The molecule has 17 heavy (non-hydrogen) atoms. The Morgan fingerprint density at radius 3 is 2.82 bits per heavy atom. The molecule has 0 fully saturated rings. The van der Waals surface area contributed by atoms with Gasteiger partial charge in [0.25, 0.3) is 0 Å². The molecule has 2 N–H and O–H groups in total. The number of rotatable bonds is 4. The lowest BCUT2D eigenvalue weighted by Crippen LogP contribution is -2.25.